The van der Waals surface area contributed by atoms with Crippen LogP contribution in [-0.2, 0) is 11.3 Å². The normalized spacial score (nSPS) is 11.8. The third-order valence-electron chi connectivity index (χ3n) is 5.92. The Labute approximate surface area is 221 Å². The highest BCUT2D eigenvalue weighted by atomic mass is 32.2. The topological polar surface area (TPSA) is 95.4 Å². The molecule has 0 unspecified atom stereocenters. The Morgan fingerprint density at radius 3 is 2.56 bits per heavy atom. The highest BCUT2D eigenvalue weighted by Gasteiger charge is 2.23. The molecule has 0 radical (unpaired) electrons. The summed E-state index contributed by atoms with van der Waals surface area (Å²) >= 11 is 3.13. The molecular weight excluding hydrogens is 492 g/mol. The molecule has 0 saturated heterocycles. The van der Waals surface area contributed by atoms with Gasteiger partial charge in [-0.15, -0.1) is 10.2 Å². The molecule has 2 aromatic carbocycles. The minimum absolute atomic E-state index is 0.369. The second-order valence-corrected chi connectivity index (χ2v) is 10.9. The smallest absolute Gasteiger partial charge is 0.326 e. The van der Waals surface area contributed by atoms with Gasteiger partial charge in [0.15, 0.2) is 0 Å². The Bertz CT molecular complexity index is 1180. The first-order chi connectivity index (χ1) is 17.3. The molecule has 1 aromatic heterocycles. The number of aryl methyl sites for hydroxylation is 2. The van der Waals surface area contributed by atoms with Crippen LogP contribution < -0.4 is 10.2 Å². The Morgan fingerprint density at radius 1 is 1.14 bits per heavy atom. The van der Waals surface area contributed by atoms with Gasteiger partial charge in [-0.1, -0.05) is 55.0 Å². The van der Waals surface area contributed by atoms with Crippen molar-refractivity contribution in [2.45, 2.75) is 52.6 Å². The molecule has 1 heterocycles. The second-order valence-electron chi connectivity index (χ2n) is 8.72. The molecule has 0 saturated carbocycles. The zero-order valence-electron chi connectivity index (χ0n) is 21.3. The number of thioether (sulfide) groups is 1. The summed E-state index contributed by atoms with van der Waals surface area (Å²) in [6.07, 6.45) is 4.40. The highest BCUT2D eigenvalue weighted by Crippen LogP contribution is 2.30. The van der Waals surface area contributed by atoms with E-state index in [1.807, 2.05) is 62.6 Å². The number of anilines is 1. The molecule has 0 fully saturated rings. The number of aromatic nitrogens is 2. The predicted octanol–water partition coefficient (Wildman–Crippen LogP) is 5.56. The number of amides is 1. The van der Waals surface area contributed by atoms with Crippen LogP contribution in [0, 0.1) is 13.8 Å². The molecular formula is C27H34N4O3S2. The Kier molecular flexibility index (Phi) is 10.3. The lowest BCUT2D eigenvalue weighted by Gasteiger charge is -2.22. The summed E-state index contributed by atoms with van der Waals surface area (Å²) in [6, 6.07) is 12.8. The van der Waals surface area contributed by atoms with Crippen LogP contribution in [0.5, 0.6) is 0 Å². The van der Waals surface area contributed by atoms with E-state index in [1.165, 1.54) is 0 Å². The van der Waals surface area contributed by atoms with Gasteiger partial charge in [0.1, 0.15) is 11.0 Å². The minimum Gasteiger partial charge on any atom is -0.480 e. The lowest BCUT2D eigenvalue weighted by atomic mass is 9.93. The van der Waals surface area contributed by atoms with E-state index >= 15 is 0 Å². The highest BCUT2D eigenvalue weighted by molar-refractivity contribution is 7.98. The van der Waals surface area contributed by atoms with Gasteiger partial charge in [-0.2, -0.15) is 11.8 Å². The number of rotatable bonds is 13. The van der Waals surface area contributed by atoms with Crippen LogP contribution in [0.15, 0.2) is 42.5 Å². The molecule has 1 atom stereocenters. The third-order valence-corrected chi connectivity index (χ3v) is 7.46. The second kappa shape index (κ2) is 13.4. The van der Waals surface area contributed by atoms with Crippen molar-refractivity contribution in [2.24, 2.45) is 0 Å². The number of nitrogens with one attached hydrogen (secondary N) is 1. The number of unbranched alkanes of at least 4 members (excludes halogenated alkanes) is 1. The van der Waals surface area contributed by atoms with E-state index < -0.39 is 12.0 Å². The SMILES string of the molecule is CCCCN(Cc1ccc(C(=O)N[C@@H](CCSC)C(=O)O)c(-c2ccccc2C)c1)c1nnc(C)s1. The van der Waals surface area contributed by atoms with E-state index in [4.69, 9.17) is 0 Å². The minimum atomic E-state index is -1.02. The summed E-state index contributed by atoms with van der Waals surface area (Å²) in [6.45, 7) is 7.63. The average Bonchev–Trinajstić information content (AvgIpc) is 3.30. The fraction of sp³-hybridized carbons (Fsp3) is 0.407. The number of carboxylic acid groups (broad SMARTS) is 1. The molecule has 192 valence electrons. The van der Waals surface area contributed by atoms with Crippen LogP contribution in [0.1, 0.15) is 52.7 Å². The summed E-state index contributed by atoms with van der Waals surface area (Å²) in [5.74, 6) is -0.749. The summed E-state index contributed by atoms with van der Waals surface area (Å²) in [5.41, 5.74) is 4.30. The fourth-order valence-electron chi connectivity index (χ4n) is 3.94. The molecule has 3 rings (SSSR count). The van der Waals surface area contributed by atoms with Gasteiger partial charge < -0.3 is 15.3 Å². The van der Waals surface area contributed by atoms with Gasteiger partial charge in [0.25, 0.3) is 5.91 Å². The van der Waals surface area contributed by atoms with E-state index in [-0.39, 0.29) is 5.91 Å². The number of carboxylic acids is 1. The van der Waals surface area contributed by atoms with Crippen LogP contribution in [0.2, 0.25) is 0 Å². The Morgan fingerprint density at radius 2 is 1.92 bits per heavy atom. The monoisotopic (exact) mass is 526 g/mol. The van der Waals surface area contributed by atoms with Crippen molar-refractivity contribution in [3.63, 3.8) is 0 Å². The zero-order valence-corrected chi connectivity index (χ0v) is 22.9. The molecule has 36 heavy (non-hydrogen) atoms. The van der Waals surface area contributed by atoms with Gasteiger partial charge in [-0.25, -0.2) is 4.79 Å². The molecule has 0 spiro atoms. The lowest BCUT2D eigenvalue weighted by Crippen LogP contribution is -2.41. The van der Waals surface area contributed by atoms with Crippen molar-refractivity contribution in [3.8, 4) is 11.1 Å². The van der Waals surface area contributed by atoms with Crippen LogP contribution in [0.3, 0.4) is 0 Å². The Balaban J connectivity index is 1.97. The van der Waals surface area contributed by atoms with E-state index in [0.29, 0.717) is 24.3 Å². The number of nitrogens with zero attached hydrogens (tertiary/aromatic N) is 3. The standard InChI is InChI=1S/C27H34N4O3S2/c1-5-6-14-31(27-30-29-19(3)36-27)17-20-11-12-22(23(16-20)21-10-8-7-9-18(21)2)25(32)28-24(26(33)34)13-15-35-4/h7-12,16,24H,5-6,13-15,17H2,1-4H3,(H,28,32)(H,33,34)/t24-/m0/s1. The molecule has 7 nitrogen and oxygen atoms in total. The van der Waals surface area contributed by atoms with Crippen molar-refractivity contribution < 1.29 is 14.7 Å². The molecule has 0 aliphatic heterocycles. The fourth-order valence-corrected chi connectivity index (χ4v) is 5.12. The van der Waals surface area contributed by atoms with E-state index in [1.54, 1.807) is 23.1 Å². The molecule has 0 bridgehead atoms. The lowest BCUT2D eigenvalue weighted by molar-refractivity contribution is -0.139. The number of carbonyl (C=O) groups excluding carboxylic acids is 1. The Hall–Kier alpha value is -2.91. The zero-order chi connectivity index (χ0) is 26.1. The van der Waals surface area contributed by atoms with Crippen molar-refractivity contribution >= 4 is 40.1 Å². The van der Waals surface area contributed by atoms with Gasteiger partial charge in [0.05, 0.1) is 0 Å². The van der Waals surface area contributed by atoms with Crippen LogP contribution in [-0.4, -0.2) is 51.8 Å². The maximum absolute atomic E-state index is 13.3. The summed E-state index contributed by atoms with van der Waals surface area (Å²) in [7, 11) is 0. The van der Waals surface area contributed by atoms with Gasteiger partial charge in [0, 0.05) is 18.7 Å². The first kappa shape index (κ1) is 27.7. The predicted molar refractivity (Wildman–Crippen MR) is 149 cm³/mol. The third kappa shape index (κ3) is 7.30. The first-order valence-corrected chi connectivity index (χ1v) is 14.3. The first-order valence-electron chi connectivity index (χ1n) is 12.1. The number of hydrogen-bond acceptors (Lipinski definition) is 7. The van der Waals surface area contributed by atoms with Gasteiger partial charge in [-0.3, -0.25) is 4.79 Å². The number of hydrogen-bond donors (Lipinski definition) is 2. The van der Waals surface area contributed by atoms with Crippen molar-refractivity contribution in [1.29, 1.82) is 0 Å². The molecule has 1 amide bonds. The van der Waals surface area contributed by atoms with Crippen molar-refractivity contribution in [2.75, 3.05) is 23.5 Å². The van der Waals surface area contributed by atoms with Crippen LogP contribution >= 0.6 is 23.1 Å². The van der Waals surface area contributed by atoms with Crippen molar-refractivity contribution in [3.05, 3.63) is 64.2 Å². The average molecular weight is 527 g/mol. The summed E-state index contributed by atoms with van der Waals surface area (Å²) in [5, 5.41) is 22.7. The maximum Gasteiger partial charge on any atom is 0.326 e. The summed E-state index contributed by atoms with van der Waals surface area (Å²) in [4.78, 5) is 27.3. The van der Waals surface area contributed by atoms with E-state index in [9.17, 15) is 14.7 Å². The van der Waals surface area contributed by atoms with Crippen LogP contribution in [0.4, 0.5) is 5.13 Å². The molecule has 2 N–H and O–H groups in total. The molecule has 3 aromatic rings. The van der Waals surface area contributed by atoms with Gasteiger partial charge in [0.2, 0.25) is 5.13 Å². The van der Waals surface area contributed by atoms with E-state index in [2.05, 4.69) is 27.3 Å². The number of benzene rings is 2. The molecule has 0 aliphatic carbocycles. The largest absolute Gasteiger partial charge is 0.480 e. The molecule has 9 heteroatoms. The van der Waals surface area contributed by atoms with Gasteiger partial charge in [-0.05, 0) is 73.1 Å². The van der Waals surface area contributed by atoms with Crippen LogP contribution in [0.25, 0.3) is 11.1 Å². The van der Waals surface area contributed by atoms with Gasteiger partial charge >= 0.3 is 5.97 Å². The molecule has 0 aliphatic rings. The maximum atomic E-state index is 13.3. The van der Waals surface area contributed by atoms with E-state index in [0.717, 1.165) is 51.8 Å². The number of aliphatic carboxylic acids is 1. The number of carbonyl (C=O) groups is 2. The quantitative estimate of drug-likeness (QED) is 0.301. The summed E-state index contributed by atoms with van der Waals surface area (Å²) < 4.78 is 0. The van der Waals surface area contributed by atoms with Crippen molar-refractivity contribution in [1.82, 2.24) is 15.5 Å².